The van der Waals surface area contributed by atoms with E-state index in [2.05, 4.69) is 18.2 Å². The van der Waals surface area contributed by atoms with Crippen LogP contribution in [-0.4, -0.2) is 6.03 Å². The van der Waals surface area contributed by atoms with Gasteiger partial charge < -0.3 is 5.73 Å². The summed E-state index contributed by atoms with van der Waals surface area (Å²) in [6.07, 6.45) is 1.00. The molecule has 0 unspecified atom stereocenters. The number of hydrogen-bond donors (Lipinski definition) is 1. The molecule has 4 rings (SSSR count). The third kappa shape index (κ3) is 1.56. The second-order valence-electron chi connectivity index (χ2n) is 5.23. The monoisotopic (exact) mass is 262 g/mol. The number of primary amides is 1. The van der Waals surface area contributed by atoms with Gasteiger partial charge in [-0.05, 0) is 34.8 Å². The lowest BCUT2D eigenvalue weighted by molar-refractivity contribution is 0.253. The highest BCUT2D eigenvalue weighted by Crippen LogP contribution is 2.51. The maximum absolute atomic E-state index is 11.8. The van der Waals surface area contributed by atoms with Crippen LogP contribution in [0.5, 0.6) is 0 Å². The molecule has 1 aliphatic heterocycles. The summed E-state index contributed by atoms with van der Waals surface area (Å²) in [6.45, 7) is 0.527. The van der Waals surface area contributed by atoms with E-state index in [4.69, 9.17) is 5.73 Å². The van der Waals surface area contributed by atoms with E-state index >= 15 is 0 Å². The quantitative estimate of drug-likeness (QED) is 0.777. The van der Waals surface area contributed by atoms with Gasteiger partial charge in [-0.1, -0.05) is 42.5 Å². The largest absolute Gasteiger partial charge is 0.351 e. The predicted octanol–water partition coefficient (Wildman–Crippen LogP) is 3.40. The Bertz CT molecular complexity index is 761. The number of benzene rings is 2. The molecule has 0 fully saturated rings. The lowest BCUT2D eigenvalue weighted by atomic mass is 10.0. The van der Waals surface area contributed by atoms with E-state index in [0.717, 1.165) is 23.2 Å². The molecule has 2 aromatic rings. The van der Waals surface area contributed by atoms with Crippen molar-refractivity contribution in [1.29, 1.82) is 0 Å². The van der Waals surface area contributed by atoms with Crippen molar-refractivity contribution in [3.63, 3.8) is 0 Å². The standard InChI is InChI=1S/C17H14N2O/c18-17(20)19-10-11-5-1-2-6-12(11)14-9-15(14)13-7-3-4-8-16(13)19/h1-8H,9-10H2,(H2,18,20). The molecular formula is C17H14N2O. The second-order valence-corrected chi connectivity index (χ2v) is 5.23. The maximum Gasteiger partial charge on any atom is 0.319 e. The first-order valence-corrected chi connectivity index (χ1v) is 6.72. The molecule has 0 radical (unpaired) electrons. The molecule has 2 aliphatic rings. The number of nitrogens with zero attached hydrogens (tertiary/aromatic N) is 1. The number of hydrogen-bond acceptors (Lipinski definition) is 1. The zero-order chi connectivity index (χ0) is 13.7. The highest BCUT2D eigenvalue weighted by atomic mass is 16.2. The topological polar surface area (TPSA) is 46.3 Å². The fraction of sp³-hybridized carbons (Fsp3) is 0.118. The number of urea groups is 1. The third-order valence-corrected chi connectivity index (χ3v) is 4.05. The van der Waals surface area contributed by atoms with Crippen molar-refractivity contribution in [2.75, 3.05) is 4.90 Å². The number of rotatable bonds is 0. The highest BCUT2D eigenvalue weighted by molar-refractivity contribution is 6.12. The van der Waals surface area contributed by atoms with Gasteiger partial charge in [0.2, 0.25) is 0 Å². The van der Waals surface area contributed by atoms with E-state index < -0.39 is 6.03 Å². The smallest absolute Gasteiger partial charge is 0.319 e. The molecule has 0 atom stereocenters. The molecule has 3 heteroatoms. The first-order chi connectivity index (χ1) is 9.75. The summed E-state index contributed by atoms with van der Waals surface area (Å²) >= 11 is 0. The number of allylic oxidation sites excluding steroid dienone is 2. The van der Waals surface area contributed by atoms with Crippen molar-refractivity contribution in [1.82, 2.24) is 0 Å². The summed E-state index contributed by atoms with van der Waals surface area (Å²) in [6, 6.07) is 15.8. The van der Waals surface area contributed by atoms with Gasteiger partial charge in [0.1, 0.15) is 0 Å². The van der Waals surface area contributed by atoms with Crippen LogP contribution in [0.1, 0.15) is 23.1 Å². The number of carbonyl (C=O) groups is 1. The van der Waals surface area contributed by atoms with Crippen LogP contribution in [0.3, 0.4) is 0 Å². The first-order valence-electron chi connectivity index (χ1n) is 6.72. The molecule has 98 valence electrons. The minimum atomic E-state index is -0.406. The Morgan fingerprint density at radius 2 is 1.60 bits per heavy atom. The van der Waals surface area contributed by atoms with Crippen molar-refractivity contribution < 1.29 is 4.79 Å². The van der Waals surface area contributed by atoms with E-state index in [1.165, 1.54) is 16.7 Å². The number of fused-ring (bicyclic) bond motifs is 4. The predicted molar refractivity (Wildman–Crippen MR) is 80.1 cm³/mol. The average molecular weight is 262 g/mol. The SMILES string of the molecule is NC(=O)N1Cc2ccccc2C2=C(C2)c2ccccc21. The Kier molecular flexibility index (Phi) is 2.24. The van der Waals surface area contributed by atoms with Crippen LogP contribution < -0.4 is 10.6 Å². The minimum Gasteiger partial charge on any atom is -0.351 e. The van der Waals surface area contributed by atoms with E-state index in [9.17, 15) is 4.79 Å². The first kappa shape index (κ1) is 11.3. The molecule has 3 nitrogen and oxygen atoms in total. The Balaban J connectivity index is 1.99. The molecule has 1 aliphatic carbocycles. The van der Waals surface area contributed by atoms with Crippen LogP contribution >= 0.6 is 0 Å². The summed E-state index contributed by atoms with van der Waals surface area (Å²) < 4.78 is 0. The molecule has 2 aromatic carbocycles. The molecule has 20 heavy (non-hydrogen) atoms. The molecule has 2 amide bonds. The van der Waals surface area contributed by atoms with Crippen LogP contribution in [0.4, 0.5) is 10.5 Å². The minimum absolute atomic E-state index is 0.406. The van der Waals surface area contributed by atoms with Gasteiger partial charge in [0.05, 0.1) is 12.2 Å². The Labute approximate surface area is 117 Å². The zero-order valence-corrected chi connectivity index (χ0v) is 11.0. The van der Waals surface area contributed by atoms with E-state index in [-0.39, 0.29) is 0 Å². The zero-order valence-electron chi connectivity index (χ0n) is 11.0. The Morgan fingerprint density at radius 1 is 0.950 bits per heavy atom. The summed E-state index contributed by atoms with van der Waals surface area (Å²) in [7, 11) is 0. The van der Waals surface area contributed by atoms with Crippen molar-refractivity contribution in [2.24, 2.45) is 5.73 Å². The lowest BCUT2D eigenvalue weighted by Crippen LogP contribution is -2.36. The summed E-state index contributed by atoms with van der Waals surface area (Å²) in [5.41, 5.74) is 12.8. The molecular weight excluding hydrogens is 248 g/mol. The number of carbonyl (C=O) groups excluding carboxylic acids is 1. The van der Waals surface area contributed by atoms with Gasteiger partial charge in [0.25, 0.3) is 0 Å². The van der Waals surface area contributed by atoms with Crippen LogP contribution in [0.15, 0.2) is 48.5 Å². The second kappa shape index (κ2) is 3.97. The fourth-order valence-corrected chi connectivity index (χ4v) is 3.02. The van der Waals surface area contributed by atoms with Gasteiger partial charge in [-0.15, -0.1) is 0 Å². The summed E-state index contributed by atoms with van der Waals surface area (Å²) in [5, 5.41) is 0. The van der Waals surface area contributed by atoms with Crippen LogP contribution in [0.2, 0.25) is 0 Å². The van der Waals surface area contributed by atoms with Crippen molar-refractivity contribution in [2.45, 2.75) is 13.0 Å². The van der Waals surface area contributed by atoms with E-state index in [0.29, 0.717) is 6.54 Å². The van der Waals surface area contributed by atoms with E-state index in [1.807, 2.05) is 30.3 Å². The average Bonchev–Trinajstić information content (AvgIpc) is 3.23. The third-order valence-electron chi connectivity index (χ3n) is 4.05. The van der Waals surface area contributed by atoms with Crippen molar-refractivity contribution in [3.8, 4) is 0 Å². The number of anilines is 1. The number of para-hydroxylation sites is 1. The normalized spacial score (nSPS) is 15.7. The highest BCUT2D eigenvalue weighted by Gasteiger charge is 2.32. The molecule has 0 saturated carbocycles. The maximum atomic E-state index is 11.8. The van der Waals surface area contributed by atoms with Gasteiger partial charge in [0, 0.05) is 5.56 Å². The Hall–Kier alpha value is -2.55. The molecule has 0 aromatic heterocycles. The van der Waals surface area contributed by atoms with Gasteiger partial charge in [0.15, 0.2) is 0 Å². The number of amides is 2. The van der Waals surface area contributed by atoms with Crippen LogP contribution in [0.25, 0.3) is 11.1 Å². The van der Waals surface area contributed by atoms with Gasteiger partial charge in [-0.25, -0.2) is 4.79 Å². The van der Waals surface area contributed by atoms with Gasteiger partial charge >= 0.3 is 6.03 Å². The Morgan fingerprint density at radius 3 is 2.40 bits per heavy atom. The molecule has 0 spiro atoms. The van der Waals surface area contributed by atoms with Crippen molar-refractivity contribution >= 4 is 22.9 Å². The number of nitrogens with two attached hydrogens (primary N) is 1. The molecule has 1 heterocycles. The summed E-state index contributed by atoms with van der Waals surface area (Å²) in [4.78, 5) is 13.5. The van der Waals surface area contributed by atoms with Crippen LogP contribution in [-0.2, 0) is 6.54 Å². The van der Waals surface area contributed by atoms with Gasteiger partial charge in [-0.2, -0.15) is 0 Å². The van der Waals surface area contributed by atoms with Crippen LogP contribution in [0, 0.1) is 0 Å². The fourth-order valence-electron chi connectivity index (χ4n) is 3.02. The summed E-state index contributed by atoms with van der Waals surface area (Å²) in [5.74, 6) is 0. The molecule has 0 saturated heterocycles. The van der Waals surface area contributed by atoms with Crippen molar-refractivity contribution in [3.05, 3.63) is 65.2 Å². The van der Waals surface area contributed by atoms with E-state index in [1.54, 1.807) is 4.90 Å². The molecule has 2 N–H and O–H groups in total. The molecule has 0 bridgehead atoms. The lowest BCUT2D eigenvalue weighted by Gasteiger charge is -2.24. The van der Waals surface area contributed by atoms with Gasteiger partial charge in [-0.3, -0.25) is 4.90 Å².